The number of rotatable bonds is 3. The Morgan fingerprint density at radius 1 is 1.29 bits per heavy atom. The standard InChI is InChI=1S/C17H19N5O2/c18-15(23)12-3-7-22(8-4-12)10-11-1-2-14-13(9-11)21-16-17(24-14)20-6-5-19-16/h1-2,5-6,9,12H,3-4,7-8,10H2,(H2,18,23)(H,19,21). The molecule has 0 atom stereocenters. The van der Waals surface area contributed by atoms with Crippen LogP contribution in [0.1, 0.15) is 18.4 Å². The van der Waals surface area contributed by atoms with Crippen LogP contribution in [0.2, 0.25) is 0 Å². The highest BCUT2D eigenvalue weighted by molar-refractivity contribution is 5.76. The van der Waals surface area contributed by atoms with Crippen LogP contribution in [-0.4, -0.2) is 33.9 Å². The van der Waals surface area contributed by atoms with Crippen LogP contribution in [0, 0.1) is 5.92 Å². The highest BCUT2D eigenvalue weighted by Crippen LogP contribution is 2.39. The molecule has 0 radical (unpaired) electrons. The molecule has 1 aromatic carbocycles. The van der Waals surface area contributed by atoms with Crippen molar-refractivity contribution in [2.75, 3.05) is 18.4 Å². The normalized spacial score (nSPS) is 17.3. The van der Waals surface area contributed by atoms with E-state index < -0.39 is 0 Å². The minimum Gasteiger partial charge on any atom is -0.434 e. The number of benzene rings is 1. The third-order valence-corrected chi connectivity index (χ3v) is 4.56. The SMILES string of the molecule is NC(=O)C1CCN(Cc2ccc3c(c2)Nc2nccnc2O3)CC1. The maximum Gasteiger partial charge on any atom is 0.263 e. The lowest BCUT2D eigenvalue weighted by Crippen LogP contribution is -2.38. The number of aromatic nitrogens is 2. The zero-order valence-corrected chi connectivity index (χ0v) is 13.2. The molecular weight excluding hydrogens is 306 g/mol. The first-order valence-electron chi connectivity index (χ1n) is 8.09. The Labute approximate surface area is 139 Å². The molecule has 24 heavy (non-hydrogen) atoms. The Balaban J connectivity index is 1.45. The van der Waals surface area contributed by atoms with E-state index in [1.807, 2.05) is 6.07 Å². The number of likely N-dealkylation sites (tertiary alicyclic amines) is 1. The Morgan fingerprint density at radius 2 is 2.08 bits per heavy atom. The number of nitrogens with zero attached hydrogens (tertiary/aromatic N) is 3. The molecule has 1 aromatic heterocycles. The van der Waals surface area contributed by atoms with Crippen LogP contribution in [0.4, 0.5) is 11.5 Å². The lowest BCUT2D eigenvalue weighted by Gasteiger charge is -2.30. The highest BCUT2D eigenvalue weighted by Gasteiger charge is 2.24. The molecule has 3 N–H and O–H groups in total. The van der Waals surface area contributed by atoms with Crippen LogP contribution in [-0.2, 0) is 11.3 Å². The van der Waals surface area contributed by atoms with Gasteiger partial charge < -0.3 is 15.8 Å². The quantitative estimate of drug-likeness (QED) is 0.765. The molecule has 0 spiro atoms. The van der Waals surface area contributed by atoms with Gasteiger partial charge in [0.1, 0.15) is 0 Å². The molecule has 2 aliphatic rings. The lowest BCUT2D eigenvalue weighted by molar-refractivity contribution is -0.123. The van der Waals surface area contributed by atoms with Gasteiger partial charge in [-0.2, -0.15) is 0 Å². The van der Waals surface area contributed by atoms with E-state index in [1.54, 1.807) is 12.4 Å². The number of nitrogens with one attached hydrogen (secondary N) is 1. The van der Waals surface area contributed by atoms with Gasteiger partial charge in [-0.25, -0.2) is 9.97 Å². The van der Waals surface area contributed by atoms with Crippen LogP contribution in [0.3, 0.4) is 0 Å². The van der Waals surface area contributed by atoms with Gasteiger partial charge in [0.15, 0.2) is 11.6 Å². The Hall–Kier alpha value is -2.67. The largest absolute Gasteiger partial charge is 0.434 e. The number of nitrogens with two attached hydrogens (primary N) is 1. The van der Waals surface area contributed by atoms with Crippen molar-refractivity contribution >= 4 is 17.4 Å². The first kappa shape index (κ1) is 14.9. The van der Waals surface area contributed by atoms with Crippen LogP contribution >= 0.6 is 0 Å². The maximum absolute atomic E-state index is 11.3. The monoisotopic (exact) mass is 325 g/mol. The van der Waals surface area contributed by atoms with E-state index in [0.717, 1.165) is 43.9 Å². The molecule has 1 fully saturated rings. The number of amides is 1. The molecule has 2 aromatic rings. The highest BCUT2D eigenvalue weighted by atomic mass is 16.5. The number of hydrogen-bond acceptors (Lipinski definition) is 6. The average molecular weight is 325 g/mol. The van der Waals surface area contributed by atoms with E-state index in [4.69, 9.17) is 10.5 Å². The van der Waals surface area contributed by atoms with Crippen molar-refractivity contribution in [2.45, 2.75) is 19.4 Å². The minimum absolute atomic E-state index is 0.0231. The lowest BCUT2D eigenvalue weighted by atomic mass is 9.96. The number of primary amides is 1. The van der Waals surface area contributed by atoms with Gasteiger partial charge >= 0.3 is 0 Å². The van der Waals surface area contributed by atoms with Gasteiger partial charge in [-0.1, -0.05) is 6.07 Å². The van der Waals surface area contributed by atoms with E-state index in [0.29, 0.717) is 11.7 Å². The number of ether oxygens (including phenoxy) is 1. The van der Waals surface area contributed by atoms with Gasteiger partial charge in [0.2, 0.25) is 5.91 Å². The van der Waals surface area contributed by atoms with E-state index >= 15 is 0 Å². The van der Waals surface area contributed by atoms with Crippen molar-refractivity contribution in [2.24, 2.45) is 11.7 Å². The zero-order valence-electron chi connectivity index (χ0n) is 13.2. The summed E-state index contributed by atoms with van der Waals surface area (Å²) in [6.07, 6.45) is 4.91. The average Bonchev–Trinajstić information content (AvgIpc) is 2.60. The van der Waals surface area contributed by atoms with Crippen molar-refractivity contribution in [1.29, 1.82) is 0 Å². The van der Waals surface area contributed by atoms with E-state index in [1.165, 1.54) is 5.56 Å². The Bertz CT molecular complexity index is 771. The van der Waals surface area contributed by atoms with Gasteiger partial charge in [-0.05, 0) is 43.6 Å². The maximum atomic E-state index is 11.3. The van der Waals surface area contributed by atoms with Crippen LogP contribution in [0.15, 0.2) is 30.6 Å². The summed E-state index contributed by atoms with van der Waals surface area (Å²) < 4.78 is 5.76. The molecule has 7 heteroatoms. The molecule has 0 saturated carbocycles. The summed E-state index contributed by atoms with van der Waals surface area (Å²) in [4.78, 5) is 22.0. The zero-order chi connectivity index (χ0) is 16.5. The molecule has 3 heterocycles. The fourth-order valence-electron chi connectivity index (χ4n) is 3.21. The smallest absolute Gasteiger partial charge is 0.263 e. The molecular formula is C17H19N5O2. The molecule has 1 amide bonds. The van der Waals surface area contributed by atoms with Crippen LogP contribution in [0.5, 0.6) is 11.6 Å². The predicted molar refractivity (Wildman–Crippen MR) is 89.0 cm³/mol. The molecule has 124 valence electrons. The number of fused-ring (bicyclic) bond motifs is 2. The first-order chi connectivity index (χ1) is 11.7. The third-order valence-electron chi connectivity index (χ3n) is 4.56. The van der Waals surface area contributed by atoms with Crippen molar-refractivity contribution < 1.29 is 9.53 Å². The first-order valence-corrected chi connectivity index (χ1v) is 8.09. The second kappa shape index (κ2) is 6.09. The number of hydrogen-bond donors (Lipinski definition) is 2. The minimum atomic E-state index is -0.176. The van der Waals surface area contributed by atoms with E-state index in [2.05, 4.69) is 32.3 Å². The van der Waals surface area contributed by atoms with Crippen molar-refractivity contribution in [1.82, 2.24) is 14.9 Å². The molecule has 0 bridgehead atoms. The Kier molecular flexibility index (Phi) is 3.78. The summed E-state index contributed by atoms with van der Waals surface area (Å²) in [5.74, 6) is 1.72. The van der Waals surface area contributed by atoms with Gasteiger partial charge in [0, 0.05) is 24.9 Å². The summed E-state index contributed by atoms with van der Waals surface area (Å²) >= 11 is 0. The summed E-state index contributed by atoms with van der Waals surface area (Å²) in [7, 11) is 0. The van der Waals surface area contributed by atoms with Crippen molar-refractivity contribution in [3.05, 3.63) is 36.2 Å². The summed E-state index contributed by atoms with van der Waals surface area (Å²) in [6.45, 7) is 2.62. The molecule has 2 aliphatic heterocycles. The second-order valence-corrected chi connectivity index (χ2v) is 6.22. The van der Waals surface area contributed by atoms with Crippen molar-refractivity contribution in [3.63, 3.8) is 0 Å². The number of carbonyl (C=O) groups excluding carboxylic acids is 1. The predicted octanol–water partition coefficient (Wildman–Crippen LogP) is 2.02. The number of carbonyl (C=O) groups is 1. The topological polar surface area (TPSA) is 93.4 Å². The fourth-order valence-corrected chi connectivity index (χ4v) is 3.21. The van der Waals surface area contributed by atoms with E-state index in [9.17, 15) is 4.79 Å². The van der Waals surface area contributed by atoms with Gasteiger partial charge in [-0.15, -0.1) is 0 Å². The molecule has 4 rings (SSSR count). The van der Waals surface area contributed by atoms with Gasteiger partial charge in [-0.3, -0.25) is 9.69 Å². The van der Waals surface area contributed by atoms with Crippen molar-refractivity contribution in [3.8, 4) is 11.6 Å². The fraction of sp³-hybridized carbons (Fsp3) is 0.353. The van der Waals surface area contributed by atoms with Gasteiger partial charge in [0.05, 0.1) is 5.69 Å². The molecule has 7 nitrogen and oxygen atoms in total. The Morgan fingerprint density at radius 3 is 2.88 bits per heavy atom. The summed E-state index contributed by atoms with van der Waals surface area (Å²) in [6, 6.07) is 6.08. The number of piperidine rings is 1. The molecule has 0 aliphatic carbocycles. The molecule has 0 unspecified atom stereocenters. The summed E-state index contributed by atoms with van der Waals surface area (Å²) in [5, 5.41) is 3.26. The number of anilines is 2. The second-order valence-electron chi connectivity index (χ2n) is 6.22. The van der Waals surface area contributed by atoms with Crippen LogP contribution < -0.4 is 15.8 Å². The molecule has 1 saturated heterocycles. The van der Waals surface area contributed by atoms with Gasteiger partial charge in [0.25, 0.3) is 5.88 Å². The third kappa shape index (κ3) is 2.90. The summed E-state index contributed by atoms with van der Waals surface area (Å²) in [5.41, 5.74) is 7.48. The van der Waals surface area contributed by atoms with E-state index in [-0.39, 0.29) is 11.8 Å². The van der Waals surface area contributed by atoms with Crippen LogP contribution in [0.25, 0.3) is 0 Å².